The van der Waals surface area contributed by atoms with E-state index in [1.807, 2.05) is 31.2 Å². The van der Waals surface area contributed by atoms with Gasteiger partial charge >= 0.3 is 0 Å². The van der Waals surface area contributed by atoms with Crippen molar-refractivity contribution in [3.05, 3.63) is 82.2 Å². The summed E-state index contributed by atoms with van der Waals surface area (Å²) in [6, 6.07) is 16.1. The topological polar surface area (TPSA) is 55.6 Å². The van der Waals surface area contributed by atoms with Gasteiger partial charge < -0.3 is 9.30 Å². The minimum atomic E-state index is -0.299. The van der Waals surface area contributed by atoms with Crippen molar-refractivity contribution in [1.82, 2.24) is 9.99 Å². The molecule has 5 nitrogen and oxygen atoms in total. The third-order valence-corrected chi connectivity index (χ3v) is 4.78. The molecule has 0 unspecified atom stereocenters. The fourth-order valence-corrected chi connectivity index (χ4v) is 3.46. The lowest BCUT2D eigenvalue weighted by molar-refractivity contribution is -0.123. The van der Waals surface area contributed by atoms with Crippen molar-refractivity contribution in [3.63, 3.8) is 0 Å². The van der Waals surface area contributed by atoms with E-state index in [4.69, 9.17) is 4.74 Å². The minimum Gasteiger partial charge on any atom is -0.483 e. The van der Waals surface area contributed by atoms with Crippen LogP contribution in [0.3, 0.4) is 0 Å². The SMILES string of the molecule is Cc1cc(C)cc(-n2c(C)cc(/C=N\NC(=O)COc3ccccc3C)c2C)c1. The van der Waals surface area contributed by atoms with Crippen LogP contribution in [0.1, 0.15) is 33.6 Å². The molecule has 5 heteroatoms. The predicted octanol–water partition coefficient (Wildman–Crippen LogP) is 4.55. The number of para-hydroxylation sites is 1. The van der Waals surface area contributed by atoms with Gasteiger partial charge in [0.2, 0.25) is 0 Å². The molecular formula is C24H27N3O2. The summed E-state index contributed by atoms with van der Waals surface area (Å²) >= 11 is 0. The van der Waals surface area contributed by atoms with Crippen molar-refractivity contribution in [1.29, 1.82) is 0 Å². The quantitative estimate of drug-likeness (QED) is 0.497. The number of aryl methyl sites for hydroxylation is 4. The zero-order valence-corrected chi connectivity index (χ0v) is 17.6. The van der Waals surface area contributed by atoms with Crippen molar-refractivity contribution in [2.24, 2.45) is 5.10 Å². The Bertz CT molecular complexity index is 1040. The lowest BCUT2D eigenvalue weighted by Gasteiger charge is -2.11. The summed E-state index contributed by atoms with van der Waals surface area (Å²) < 4.78 is 7.74. The Morgan fingerprint density at radius 1 is 1.03 bits per heavy atom. The van der Waals surface area contributed by atoms with Gasteiger partial charge in [-0.15, -0.1) is 0 Å². The van der Waals surface area contributed by atoms with Gasteiger partial charge in [0.15, 0.2) is 6.61 Å². The highest BCUT2D eigenvalue weighted by Gasteiger charge is 2.10. The van der Waals surface area contributed by atoms with Crippen molar-refractivity contribution in [3.8, 4) is 11.4 Å². The number of nitrogens with one attached hydrogen (secondary N) is 1. The van der Waals surface area contributed by atoms with Gasteiger partial charge in [-0.05, 0) is 75.6 Å². The summed E-state index contributed by atoms with van der Waals surface area (Å²) in [5.41, 5.74) is 10.2. The first-order valence-corrected chi connectivity index (χ1v) is 9.63. The highest BCUT2D eigenvalue weighted by molar-refractivity contribution is 5.84. The number of carbonyl (C=O) groups is 1. The van der Waals surface area contributed by atoms with Crippen LogP contribution < -0.4 is 10.2 Å². The van der Waals surface area contributed by atoms with E-state index in [0.29, 0.717) is 5.75 Å². The van der Waals surface area contributed by atoms with E-state index < -0.39 is 0 Å². The Labute approximate surface area is 172 Å². The smallest absolute Gasteiger partial charge is 0.277 e. The number of ether oxygens (including phenoxy) is 1. The lowest BCUT2D eigenvalue weighted by Crippen LogP contribution is -2.24. The van der Waals surface area contributed by atoms with Gasteiger partial charge in [0.25, 0.3) is 5.91 Å². The second-order valence-electron chi connectivity index (χ2n) is 7.36. The predicted molar refractivity (Wildman–Crippen MR) is 117 cm³/mol. The first kappa shape index (κ1) is 20.4. The van der Waals surface area contributed by atoms with Crippen molar-refractivity contribution in [2.75, 3.05) is 6.61 Å². The van der Waals surface area contributed by atoms with Gasteiger partial charge in [0.05, 0.1) is 6.21 Å². The Morgan fingerprint density at radius 3 is 2.41 bits per heavy atom. The minimum absolute atomic E-state index is 0.0796. The number of hydrazone groups is 1. The standard InChI is InChI=1S/C24H27N3O2/c1-16-10-17(2)12-22(11-16)27-19(4)13-21(20(27)5)14-25-26-24(28)15-29-23-9-7-6-8-18(23)3/h6-14H,15H2,1-5H3,(H,26,28)/b25-14-. The van der Waals surface area contributed by atoms with Crippen LogP contribution in [0.5, 0.6) is 5.75 Å². The highest BCUT2D eigenvalue weighted by atomic mass is 16.5. The maximum atomic E-state index is 12.0. The zero-order valence-electron chi connectivity index (χ0n) is 17.6. The average molecular weight is 389 g/mol. The normalized spacial score (nSPS) is 11.1. The third kappa shape index (κ3) is 4.93. The number of rotatable bonds is 6. The van der Waals surface area contributed by atoms with Crippen LogP contribution in [-0.2, 0) is 4.79 Å². The van der Waals surface area contributed by atoms with Crippen LogP contribution in [0.25, 0.3) is 5.69 Å². The molecular weight excluding hydrogens is 362 g/mol. The van der Waals surface area contributed by atoms with Gasteiger partial charge in [0, 0.05) is 22.6 Å². The summed E-state index contributed by atoms with van der Waals surface area (Å²) in [5.74, 6) is 0.399. The molecule has 0 aliphatic rings. The average Bonchev–Trinajstić information content (AvgIpc) is 2.94. The second-order valence-corrected chi connectivity index (χ2v) is 7.36. The van der Waals surface area contributed by atoms with E-state index >= 15 is 0 Å². The monoisotopic (exact) mass is 389 g/mol. The summed E-state index contributed by atoms with van der Waals surface area (Å²) in [6.07, 6.45) is 1.67. The van der Waals surface area contributed by atoms with Crippen LogP contribution in [0.4, 0.5) is 0 Å². The number of amides is 1. The summed E-state index contributed by atoms with van der Waals surface area (Å²) in [7, 11) is 0. The second kappa shape index (κ2) is 8.78. The highest BCUT2D eigenvalue weighted by Crippen LogP contribution is 2.22. The summed E-state index contributed by atoms with van der Waals surface area (Å²) in [5, 5.41) is 4.10. The Morgan fingerprint density at radius 2 is 1.72 bits per heavy atom. The van der Waals surface area contributed by atoms with E-state index in [2.05, 4.69) is 67.1 Å². The van der Waals surface area contributed by atoms with Crippen molar-refractivity contribution >= 4 is 12.1 Å². The van der Waals surface area contributed by atoms with Crippen LogP contribution in [0, 0.1) is 34.6 Å². The molecule has 1 amide bonds. The van der Waals surface area contributed by atoms with Gasteiger partial charge in [-0.25, -0.2) is 5.43 Å². The Hall–Kier alpha value is -3.34. The van der Waals surface area contributed by atoms with E-state index in [9.17, 15) is 4.79 Å². The van der Waals surface area contributed by atoms with Gasteiger partial charge in [-0.2, -0.15) is 5.10 Å². The van der Waals surface area contributed by atoms with E-state index in [0.717, 1.165) is 28.2 Å². The molecule has 0 bridgehead atoms. The molecule has 0 aliphatic carbocycles. The first-order chi connectivity index (χ1) is 13.8. The van der Waals surface area contributed by atoms with Gasteiger partial charge in [-0.1, -0.05) is 24.3 Å². The third-order valence-electron chi connectivity index (χ3n) is 4.78. The Balaban J connectivity index is 1.67. The van der Waals surface area contributed by atoms with E-state index in [-0.39, 0.29) is 12.5 Å². The van der Waals surface area contributed by atoms with Crippen molar-refractivity contribution in [2.45, 2.75) is 34.6 Å². The largest absolute Gasteiger partial charge is 0.483 e. The van der Waals surface area contributed by atoms with Crippen LogP contribution in [0.15, 0.2) is 53.6 Å². The number of aromatic nitrogens is 1. The van der Waals surface area contributed by atoms with Crippen LogP contribution in [0.2, 0.25) is 0 Å². The molecule has 3 rings (SSSR count). The van der Waals surface area contributed by atoms with Crippen LogP contribution >= 0.6 is 0 Å². The molecule has 0 radical (unpaired) electrons. The lowest BCUT2D eigenvalue weighted by atomic mass is 10.1. The maximum absolute atomic E-state index is 12.0. The number of hydrogen-bond donors (Lipinski definition) is 1. The molecule has 0 fully saturated rings. The molecule has 29 heavy (non-hydrogen) atoms. The molecule has 0 saturated heterocycles. The van der Waals surface area contributed by atoms with Crippen LogP contribution in [-0.4, -0.2) is 23.3 Å². The molecule has 1 aromatic heterocycles. The number of carbonyl (C=O) groups excluding carboxylic acids is 1. The maximum Gasteiger partial charge on any atom is 0.277 e. The molecule has 2 aromatic carbocycles. The zero-order chi connectivity index (χ0) is 21.0. The first-order valence-electron chi connectivity index (χ1n) is 9.63. The molecule has 0 aliphatic heterocycles. The van der Waals surface area contributed by atoms with Gasteiger partial charge in [-0.3, -0.25) is 4.79 Å². The van der Waals surface area contributed by atoms with E-state index in [1.54, 1.807) is 6.21 Å². The fourth-order valence-electron chi connectivity index (χ4n) is 3.46. The molecule has 3 aromatic rings. The molecule has 150 valence electrons. The number of hydrogen-bond acceptors (Lipinski definition) is 3. The summed E-state index contributed by atoms with van der Waals surface area (Å²) in [6.45, 7) is 10.2. The van der Waals surface area contributed by atoms with E-state index in [1.165, 1.54) is 11.1 Å². The van der Waals surface area contributed by atoms with Gasteiger partial charge in [0.1, 0.15) is 5.75 Å². The molecule has 1 heterocycles. The number of benzene rings is 2. The number of nitrogens with zero attached hydrogens (tertiary/aromatic N) is 2. The Kier molecular flexibility index (Phi) is 6.17. The van der Waals surface area contributed by atoms with Crippen molar-refractivity contribution < 1.29 is 9.53 Å². The molecule has 0 saturated carbocycles. The molecule has 0 spiro atoms. The molecule has 0 atom stereocenters. The molecule has 1 N–H and O–H groups in total. The fraction of sp³-hybridized carbons (Fsp3) is 0.250. The summed E-state index contributed by atoms with van der Waals surface area (Å²) in [4.78, 5) is 12.0.